The van der Waals surface area contributed by atoms with Gasteiger partial charge in [-0.05, 0) is 42.3 Å². The van der Waals surface area contributed by atoms with Crippen molar-refractivity contribution in [3.05, 3.63) is 65.2 Å². The molecular formula is C19H20N2O3. The van der Waals surface area contributed by atoms with Gasteiger partial charge in [-0.25, -0.2) is 4.79 Å². The number of ether oxygens (including phenoxy) is 2. The predicted molar refractivity (Wildman–Crippen MR) is 90.4 cm³/mol. The van der Waals surface area contributed by atoms with Crippen molar-refractivity contribution in [1.82, 2.24) is 5.32 Å². The monoisotopic (exact) mass is 324 g/mol. The first-order valence-corrected chi connectivity index (χ1v) is 7.50. The predicted octanol–water partition coefficient (Wildman–Crippen LogP) is 2.74. The average molecular weight is 324 g/mol. The minimum Gasteiger partial charge on any atom is -0.497 e. The molecule has 2 rings (SSSR count). The van der Waals surface area contributed by atoms with E-state index in [0.29, 0.717) is 12.1 Å². The number of hydrogen-bond donors (Lipinski definition) is 1. The van der Waals surface area contributed by atoms with Gasteiger partial charge in [-0.15, -0.1) is 0 Å². The summed E-state index contributed by atoms with van der Waals surface area (Å²) in [5.74, 6) is 0.347. The van der Waals surface area contributed by atoms with Crippen LogP contribution in [0, 0.1) is 11.3 Å². The van der Waals surface area contributed by atoms with Crippen LogP contribution in [0.1, 0.15) is 23.6 Å². The van der Waals surface area contributed by atoms with E-state index in [4.69, 9.17) is 14.7 Å². The van der Waals surface area contributed by atoms with Crippen molar-refractivity contribution in [3.8, 4) is 11.8 Å². The number of nitriles is 1. The summed E-state index contributed by atoms with van der Waals surface area (Å²) in [5, 5.41) is 12.1. The van der Waals surface area contributed by atoms with Gasteiger partial charge in [0.1, 0.15) is 11.3 Å². The Hall–Kier alpha value is -2.84. The van der Waals surface area contributed by atoms with Crippen molar-refractivity contribution in [1.29, 1.82) is 5.26 Å². The van der Waals surface area contributed by atoms with Crippen molar-refractivity contribution in [2.75, 3.05) is 14.2 Å². The Balaban J connectivity index is 2.23. The highest BCUT2D eigenvalue weighted by molar-refractivity contribution is 5.82. The first-order valence-electron chi connectivity index (χ1n) is 7.50. The van der Waals surface area contributed by atoms with Crippen molar-refractivity contribution in [2.24, 2.45) is 0 Å². The molecule has 0 aliphatic carbocycles. The summed E-state index contributed by atoms with van der Waals surface area (Å²) < 4.78 is 10.1. The number of methoxy groups -OCH3 is 2. The zero-order valence-electron chi connectivity index (χ0n) is 14.0. The molecule has 0 aliphatic rings. The van der Waals surface area contributed by atoms with Crippen LogP contribution in [-0.4, -0.2) is 20.2 Å². The Labute approximate surface area is 141 Å². The molecule has 0 amide bonds. The van der Waals surface area contributed by atoms with Gasteiger partial charge in [0, 0.05) is 6.54 Å². The zero-order chi connectivity index (χ0) is 17.6. The van der Waals surface area contributed by atoms with E-state index in [1.807, 2.05) is 24.3 Å². The second-order valence-electron chi connectivity index (χ2n) is 5.51. The summed E-state index contributed by atoms with van der Waals surface area (Å²) in [6, 6.07) is 16.6. The molecule has 24 heavy (non-hydrogen) atoms. The minimum absolute atomic E-state index is 0.374. The largest absolute Gasteiger partial charge is 0.497 e. The van der Waals surface area contributed by atoms with E-state index in [1.165, 1.54) is 7.11 Å². The van der Waals surface area contributed by atoms with Crippen LogP contribution in [0.25, 0.3) is 0 Å². The lowest BCUT2D eigenvalue weighted by Crippen LogP contribution is -2.47. The highest BCUT2D eigenvalue weighted by atomic mass is 16.5. The molecule has 2 aromatic rings. The van der Waals surface area contributed by atoms with Crippen LogP contribution in [-0.2, 0) is 21.6 Å². The summed E-state index contributed by atoms with van der Waals surface area (Å²) in [6.45, 7) is 2.24. The molecule has 1 N–H and O–H groups in total. The molecule has 0 saturated carbocycles. The van der Waals surface area contributed by atoms with Crippen LogP contribution in [0.5, 0.6) is 5.75 Å². The van der Waals surface area contributed by atoms with Gasteiger partial charge in [-0.3, -0.25) is 5.32 Å². The van der Waals surface area contributed by atoms with E-state index in [-0.39, 0.29) is 5.97 Å². The number of carbonyl (C=O) groups is 1. The molecule has 0 aromatic heterocycles. The maximum absolute atomic E-state index is 12.4. The zero-order valence-corrected chi connectivity index (χ0v) is 14.0. The molecule has 0 fully saturated rings. The molecule has 0 saturated heterocycles. The van der Waals surface area contributed by atoms with Gasteiger partial charge in [0.25, 0.3) is 0 Å². The van der Waals surface area contributed by atoms with E-state index < -0.39 is 5.54 Å². The van der Waals surface area contributed by atoms with E-state index in [1.54, 1.807) is 38.3 Å². The Morgan fingerprint density at radius 2 is 1.75 bits per heavy atom. The molecule has 0 heterocycles. The van der Waals surface area contributed by atoms with Crippen molar-refractivity contribution >= 4 is 5.97 Å². The van der Waals surface area contributed by atoms with Crippen LogP contribution >= 0.6 is 0 Å². The summed E-state index contributed by atoms with van der Waals surface area (Å²) >= 11 is 0. The average Bonchev–Trinajstić information content (AvgIpc) is 2.65. The fourth-order valence-corrected chi connectivity index (χ4v) is 2.40. The molecule has 0 radical (unpaired) electrons. The number of rotatable bonds is 6. The highest BCUT2D eigenvalue weighted by Crippen LogP contribution is 2.25. The van der Waals surface area contributed by atoms with E-state index in [0.717, 1.165) is 16.9 Å². The molecular weight excluding hydrogens is 304 g/mol. The maximum Gasteiger partial charge on any atom is 0.330 e. The van der Waals surface area contributed by atoms with Crippen LogP contribution in [0.15, 0.2) is 48.5 Å². The fraction of sp³-hybridized carbons (Fsp3) is 0.263. The van der Waals surface area contributed by atoms with Crippen molar-refractivity contribution in [3.63, 3.8) is 0 Å². The van der Waals surface area contributed by atoms with E-state index in [2.05, 4.69) is 11.4 Å². The molecule has 5 heteroatoms. The Bertz CT molecular complexity index is 733. The number of hydrogen-bond acceptors (Lipinski definition) is 5. The summed E-state index contributed by atoms with van der Waals surface area (Å²) in [7, 11) is 2.96. The smallest absolute Gasteiger partial charge is 0.330 e. The summed E-state index contributed by atoms with van der Waals surface area (Å²) in [5.41, 5.74) is 1.36. The number of carbonyl (C=O) groups excluding carboxylic acids is 1. The first kappa shape index (κ1) is 17.5. The third-order valence-corrected chi connectivity index (χ3v) is 3.99. The number of nitrogens with zero attached hydrogens (tertiary/aromatic N) is 1. The number of esters is 1. The van der Waals surface area contributed by atoms with Gasteiger partial charge in [-0.1, -0.05) is 24.3 Å². The number of benzene rings is 2. The Morgan fingerprint density at radius 3 is 2.25 bits per heavy atom. The standard InChI is InChI=1S/C19H20N2O3/c1-19(18(22)24-3,16-8-10-17(23-2)11-9-16)21-13-15-6-4-14(12-20)5-7-15/h4-11,21H,13H2,1-3H3. The molecule has 1 atom stereocenters. The normalized spacial score (nSPS) is 12.8. The first-order chi connectivity index (χ1) is 11.5. The lowest BCUT2D eigenvalue weighted by molar-refractivity contribution is -0.148. The van der Waals surface area contributed by atoms with E-state index in [9.17, 15) is 4.79 Å². The third-order valence-electron chi connectivity index (χ3n) is 3.99. The SMILES string of the molecule is COC(=O)C(C)(NCc1ccc(C#N)cc1)c1ccc(OC)cc1. The van der Waals surface area contributed by atoms with Gasteiger partial charge in [0.2, 0.25) is 0 Å². The second kappa shape index (κ2) is 7.62. The quantitative estimate of drug-likeness (QED) is 0.827. The lowest BCUT2D eigenvalue weighted by atomic mass is 9.91. The summed E-state index contributed by atoms with van der Waals surface area (Å²) in [4.78, 5) is 12.4. The van der Waals surface area contributed by atoms with Gasteiger partial charge in [0.05, 0.1) is 25.9 Å². The third kappa shape index (κ3) is 3.73. The van der Waals surface area contributed by atoms with Gasteiger partial charge in [0.15, 0.2) is 0 Å². The van der Waals surface area contributed by atoms with E-state index >= 15 is 0 Å². The molecule has 0 bridgehead atoms. The number of nitrogens with one attached hydrogen (secondary N) is 1. The molecule has 1 unspecified atom stereocenters. The fourth-order valence-electron chi connectivity index (χ4n) is 2.40. The lowest BCUT2D eigenvalue weighted by Gasteiger charge is -2.29. The molecule has 0 spiro atoms. The molecule has 5 nitrogen and oxygen atoms in total. The van der Waals surface area contributed by atoms with Crippen LogP contribution in [0.4, 0.5) is 0 Å². The van der Waals surface area contributed by atoms with Gasteiger partial charge >= 0.3 is 5.97 Å². The maximum atomic E-state index is 12.4. The van der Waals surface area contributed by atoms with Gasteiger partial charge < -0.3 is 9.47 Å². The molecule has 0 aliphatic heterocycles. The summed E-state index contributed by atoms with van der Waals surface area (Å²) in [6.07, 6.45) is 0. The van der Waals surface area contributed by atoms with Crippen LogP contribution in [0.2, 0.25) is 0 Å². The Morgan fingerprint density at radius 1 is 1.12 bits per heavy atom. The Kier molecular flexibility index (Phi) is 5.56. The van der Waals surface area contributed by atoms with Crippen LogP contribution in [0.3, 0.4) is 0 Å². The topological polar surface area (TPSA) is 71.3 Å². The van der Waals surface area contributed by atoms with Crippen LogP contribution < -0.4 is 10.1 Å². The van der Waals surface area contributed by atoms with Crippen molar-refractivity contribution in [2.45, 2.75) is 19.0 Å². The molecule has 124 valence electrons. The highest BCUT2D eigenvalue weighted by Gasteiger charge is 2.35. The minimum atomic E-state index is -0.991. The van der Waals surface area contributed by atoms with Gasteiger partial charge in [-0.2, -0.15) is 5.26 Å². The molecule has 2 aromatic carbocycles. The second-order valence-corrected chi connectivity index (χ2v) is 5.51. The van der Waals surface area contributed by atoms with Crippen molar-refractivity contribution < 1.29 is 14.3 Å².